The molecule has 0 radical (unpaired) electrons. The maximum atomic E-state index is 11.2. The summed E-state index contributed by atoms with van der Waals surface area (Å²) in [7, 11) is 1.28. The molecule has 0 saturated carbocycles. The Morgan fingerprint density at radius 3 is 2.87 bits per heavy atom. The van der Waals surface area contributed by atoms with Crippen LogP contribution in [-0.4, -0.2) is 35.4 Å². The smallest absolute Gasteiger partial charge is 0.356 e. The maximum Gasteiger partial charge on any atom is 0.356 e. The number of esters is 1. The Balaban J connectivity index is 2.36. The number of carbonyl (C=O) groups excluding carboxylic acids is 1. The quantitative estimate of drug-likeness (QED) is 0.514. The molecule has 2 aliphatic rings. The van der Waals surface area contributed by atoms with E-state index in [1.54, 1.807) is 0 Å². The summed E-state index contributed by atoms with van der Waals surface area (Å²) >= 11 is 11.4. The molecule has 0 bridgehead atoms. The highest BCUT2D eigenvalue weighted by atomic mass is 35.5. The fourth-order valence-electron chi connectivity index (χ4n) is 1.22. The zero-order chi connectivity index (χ0) is 11.0. The number of amidine groups is 1. The van der Waals surface area contributed by atoms with Crippen molar-refractivity contribution in [3.63, 3.8) is 0 Å². The summed E-state index contributed by atoms with van der Waals surface area (Å²) in [5, 5.41) is 0.222. The Labute approximate surface area is 95.2 Å². The molecule has 0 aromatic heterocycles. The molecule has 0 aliphatic carbocycles. The van der Waals surface area contributed by atoms with Crippen LogP contribution in [0.15, 0.2) is 26.6 Å². The van der Waals surface area contributed by atoms with E-state index >= 15 is 0 Å². The van der Waals surface area contributed by atoms with Crippen LogP contribution >= 0.6 is 23.2 Å². The second kappa shape index (κ2) is 3.75. The van der Waals surface area contributed by atoms with Crippen molar-refractivity contribution < 1.29 is 9.53 Å². The molecule has 0 fully saturated rings. The Hall–Kier alpha value is -1.20. The number of aliphatic imine (C=N–C) groups is 3. The molecule has 15 heavy (non-hydrogen) atoms. The molecule has 5 nitrogen and oxygen atoms in total. The van der Waals surface area contributed by atoms with Crippen molar-refractivity contribution in [1.29, 1.82) is 0 Å². The molecule has 1 atom stereocenters. The van der Waals surface area contributed by atoms with Gasteiger partial charge >= 0.3 is 5.97 Å². The molecule has 7 heteroatoms. The lowest BCUT2D eigenvalue weighted by atomic mass is 10.2. The van der Waals surface area contributed by atoms with Gasteiger partial charge in [0.25, 0.3) is 0 Å². The fraction of sp³-hybridized carbons (Fsp3) is 0.250. The second-order valence-corrected chi connectivity index (χ2v) is 3.48. The first-order chi connectivity index (χ1) is 7.11. The number of carbonyl (C=O) groups is 1. The second-order valence-electron chi connectivity index (χ2n) is 2.78. The number of fused-ring (bicyclic) bond motifs is 1. The van der Waals surface area contributed by atoms with Gasteiger partial charge in [-0.2, -0.15) is 0 Å². The van der Waals surface area contributed by atoms with Crippen LogP contribution < -0.4 is 0 Å². The highest BCUT2D eigenvalue weighted by molar-refractivity contribution is 6.75. The standard InChI is InChI=1S/C8H5Cl2N3O2/c1-15-7(14)4-2-3-5(9)12-8(10)13-6(3)11-4/h2,6H,1H3/t6-/m0/s1. The molecule has 0 spiro atoms. The number of methoxy groups -OCH3 is 1. The van der Waals surface area contributed by atoms with E-state index in [0.29, 0.717) is 5.57 Å². The van der Waals surface area contributed by atoms with E-state index < -0.39 is 12.1 Å². The summed E-state index contributed by atoms with van der Waals surface area (Å²) in [6.07, 6.45) is 0.923. The summed E-state index contributed by atoms with van der Waals surface area (Å²) in [6, 6.07) is 0. The molecule has 0 unspecified atom stereocenters. The van der Waals surface area contributed by atoms with Crippen LogP contribution in [-0.2, 0) is 9.53 Å². The molecule has 2 aliphatic heterocycles. The molecule has 0 aromatic carbocycles. The molecular weight excluding hydrogens is 241 g/mol. The van der Waals surface area contributed by atoms with Crippen LogP contribution in [0.3, 0.4) is 0 Å². The van der Waals surface area contributed by atoms with Crippen molar-refractivity contribution in [2.24, 2.45) is 15.0 Å². The van der Waals surface area contributed by atoms with E-state index in [1.807, 2.05) is 0 Å². The molecule has 78 valence electrons. The normalized spacial score (nSPS) is 23.5. The van der Waals surface area contributed by atoms with Gasteiger partial charge in [0, 0.05) is 5.57 Å². The third-order valence-electron chi connectivity index (χ3n) is 1.88. The van der Waals surface area contributed by atoms with Crippen LogP contribution in [0.5, 0.6) is 0 Å². The lowest BCUT2D eigenvalue weighted by molar-refractivity contribution is -0.132. The third-order valence-corrected chi connectivity index (χ3v) is 2.37. The molecule has 2 heterocycles. The zero-order valence-electron chi connectivity index (χ0n) is 7.57. The lowest BCUT2D eigenvalue weighted by Gasteiger charge is -2.10. The first-order valence-corrected chi connectivity index (χ1v) is 4.73. The molecule has 0 N–H and O–H groups in total. The predicted octanol–water partition coefficient (Wildman–Crippen LogP) is 1.11. The Bertz CT molecular complexity index is 451. The van der Waals surface area contributed by atoms with Crippen molar-refractivity contribution in [2.45, 2.75) is 6.17 Å². The fourth-order valence-corrected chi connectivity index (χ4v) is 1.67. The summed E-state index contributed by atoms with van der Waals surface area (Å²) in [6.45, 7) is 0. The lowest BCUT2D eigenvalue weighted by Crippen LogP contribution is -2.14. The maximum absolute atomic E-state index is 11.2. The van der Waals surface area contributed by atoms with E-state index in [9.17, 15) is 4.79 Å². The summed E-state index contributed by atoms with van der Waals surface area (Å²) < 4.78 is 4.52. The molecule has 0 aromatic rings. The number of hydrogen-bond acceptors (Lipinski definition) is 5. The topological polar surface area (TPSA) is 63.4 Å². The van der Waals surface area contributed by atoms with Gasteiger partial charge in [0.2, 0.25) is 5.29 Å². The SMILES string of the molecule is COC(=O)C1=N[C@H]2N=C(Cl)N=C(Cl)C2=C1. The predicted molar refractivity (Wildman–Crippen MR) is 57.9 cm³/mol. The Morgan fingerprint density at radius 1 is 1.47 bits per heavy atom. The Morgan fingerprint density at radius 2 is 2.20 bits per heavy atom. The first kappa shape index (κ1) is 10.3. The van der Waals surface area contributed by atoms with Gasteiger partial charge in [0.15, 0.2) is 6.17 Å². The molecule has 2 rings (SSSR count). The van der Waals surface area contributed by atoms with Gasteiger partial charge in [-0.3, -0.25) is 0 Å². The summed E-state index contributed by atoms with van der Waals surface area (Å²) in [5.41, 5.74) is 0.724. The van der Waals surface area contributed by atoms with Gasteiger partial charge in [-0.25, -0.2) is 19.8 Å². The van der Waals surface area contributed by atoms with Crippen molar-refractivity contribution in [3.8, 4) is 0 Å². The van der Waals surface area contributed by atoms with Crippen molar-refractivity contribution in [3.05, 3.63) is 11.6 Å². The minimum absolute atomic E-state index is 0.0250. The summed E-state index contributed by atoms with van der Waals surface area (Å²) in [4.78, 5) is 22.8. The van der Waals surface area contributed by atoms with Crippen LogP contribution in [0.1, 0.15) is 0 Å². The summed E-state index contributed by atoms with van der Waals surface area (Å²) in [5.74, 6) is -0.535. The van der Waals surface area contributed by atoms with Gasteiger partial charge in [-0.15, -0.1) is 0 Å². The highest BCUT2D eigenvalue weighted by Gasteiger charge is 2.29. The Kier molecular flexibility index (Phi) is 2.58. The largest absolute Gasteiger partial charge is 0.464 e. The first-order valence-electron chi connectivity index (χ1n) is 3.97. The number of hydrogen-bond donors (Lipinski definition) is 0. The molecule has 0 saturated heterocycles. The van der Waals surface area contributed by atoms with Gasteiger partial charge in [0.1, 0.15) is 10.9 Å². The van der Waals surface area contributed by atoms with Crippen molar-refractivity contribution in [1.82, 2.24) is 0 Å². The van der Waals surface area contributed by atoms with E-state index in [0.717, 1.165) is 0 Å². The van der Waals surface area contributed by atoms with E-state index in [1.165, 1.54) is 13.2 Å². The van der Waals surface area contributed by atoms with Gasteiger partial charge in [-0.05, 0) is 17.7 Å². The van der Waals surface area contributed by atoms with E-state index in [2.05, 4.69) is 19.7 Å². The van der Waals surface area contributed by atoms with Gasteiger partial charge < -0.3 is 4.74 Å². The van der Waals surface area contributed by atoms with Crippen molar-refractivity contribution >= 4 is 45.3 Å². The van der Waals surface area contributed by atoms with Crippen LogP contribution in [0.25, 0.3) is 0 Å². The van der Waals surface area contributed by atoms with Crippen LogP contribution in [0.4, 0.5) is 0 Å². The van der Waals surface area contributed by atoms with E-state index in [-0.39, 0.29) is 16.2 Å². The monoisotopic (exact) mass is 245 g/mol. The number of rotatable bonds is 1. The number of ether oxygens (including phenoxy) is 1. The zero-order valence-corrected chi connectivity index (χ0v) is 9.08. The average molecular weight is 246 g/mol. The third kappa shape index (κ3) is 1.80. The number of halogens is 2. The average Bonchev–Trinajstić information content (AvgIpc) is 2.60. The van der Waals surface area contributed by atoms with Crippen LogP contribution in [0, 0.1) is 0 Å². The minimum atomic E-state index is -0.573. The molecule has 0 amide bonds. The van der Waals surface area contributed by atoms with E-state index in [4.69, 9.17) is 23.2 Å². The molecular formula is C8H5Cl2N3O2. The van der Waals surface area contributed by atoms with Crippen molar-refractivity contribution in [2.75, 3.05) is 7.11 Å². The van der Waals surface area contributed by atoms with Gasteiger partial charge in [-0.1, -0.05) is 11.6 Å². The minimum Gasteiger partial charge on any atom is -0.464 e. The van der Waals surface area contributed by atoms with Crippen LogP contribution in [0.2, 0.25) is 0 Å². The number of nitrogens with zero attached hydrogens (tertiary/aromatic N) is 3. The van der Waals surface area contributed by atoms with Gasteiger partial charge in [0.05, 0.1) is 7.11 Å². The highest BCUT2D eigenvalue weighted by Crippen LogP contribution is 2.24.